The van der Waals surface area contributed by atoms with Crippen LogP contribution in [-0.2, 0) is 5.33 Å². The van der Waals surface area contributed by atoms with Gasteiger partial charge >= 0.3 is 0 Å². The molecule has 0 atom stereocenters. The summed E-state index contributed by atoms with van der Waals surface area (Å²) in [5.41, 5.74) is 3.67. The summed E-state index contributed by atoms with van der Waals surface area (Å²) in [7, 11) is 0. The first-order chi connectivity index (χ1) is 10.3. The van der Waals surface area contributed by atoms with Crippen LogP contribution in [0.25, 0.3) is 0 Å². The first kappa shape index (κ1) is 14.7. The number of anilines is 2. The second kappa shape index (κ2) is 6.71. The Morgan fingerprint density at radius 1 is 0.905 bits per heavy atom. The van der Waals surface area contributed by atoms with E-state index >= 15 is 0 Å². The van der Waals surface area contributed by atoms with Crippen LogP contribution in [0.4, 0.5) is 11.4 Å². The van der Waals surface area contributed by atoms with Gasteiger partial charge in [0.05, 0.1) is 10.7 Å². The van der Waals surface area contributed by atoms with Crippen molar-refractivity contribution >= 4 is 38.9 Å². The van der Waals surface area contributed by atoms with Gasteiger partial charge in [-0.25, -0.2) is 0 Å². The second-order valence-corrected chi connectivity index (χ2v) is 6.20. The highest BCUT2D eigenvalue weighted by Gasteiger charge is 2.19. The minimum Gasteiger partial charge on any atom is -0.368 e. The maximum atomic E-state index is 6.42. The molecule has 0 N–H and O–H groups in total. The number of benzene rings is 2. The summed E-state index contributed by atoms with van der Waals surface area (Å²) >= 11 is 9.89. The fourth-order valence-corrected chi connectivity index (χ4v) is 3.41. The zero-order valence-electron chi connectivity index (χ0n) is 11.8. The van der Waals surface area contributed by atoms with Crippen LogP contribution in [0, 0.1) is 0 Å². The molecular weight excluding hydrogens is 348 g/mol. The summed E-state index contributed by atoms with van der Waals surface area (Å²) in [4.78, 5) is 4.80. The Kier molecular flexibility index (Phi) is 4.71. The number of nitrogens with zero attached hydrogens (tertiary/aromatic N) is 2. The molecule has 0 aromatic heterocycles. The number of hydrogen-bond acceptors (Lipinski definition) is 2. The summed E-state index contributed by atoms with van der Waals surface area (Å²) < 4.78 is 0. The summed E-state index contributed by atoms with van der Waals surface area (Å²) in [5, 5.41) is 1.69. The Labute approximate surface area is 139 Å². The predicted octanol–water partition coefficient (Wildman–Crippen LogP) is 4.56. The molecule has 110 valence electrons. The Hall–Kier alpha value is -1.19. The van der Waals surface area contributed by atoms with E-state index in [1.54, 1.807) is 0 Å². The molecule has 1 aliphatic heterocycles. The first-order valence-electron chi connectivity index (χ1n) is 7.17. The summed E-state index contributed by atoms with van der Waals surface area (Å²) in [6.45, 7) is 4.06. The van der Waals surface area contributed by atoms with Crippen LogP contribution in [-0.4, -0.2) is 26.2 Å². The van der Waals surface area contributed by atoms with Crippen LogP contribution in [0.5, 0.6) is 0 Å². The van der Waals surface area contributed by atoms with Gasteiger partial charge < -0.3 is 9.80 Å². The minimum atomic E-state index is 0.842. The molecule has 2 aromatic carbocycles. The lowest BCUT2D eigenvalue weighted by molar-refractivity contribution is 0.653. The largest absolute Gasteiger partial charge is 0.368 e. The van der Waals surface area contributed by atoms with Crippen LogP contribution in [0.3, 0.4) is 0 Å². The zero-order valence-corrected chi connectivity index (χ0v) is 14.1. The van der Waals surface area contributed by atoms with E-state index in [1.807, 2.05) is 0 Å². The van der Waals surface area contributed by atoms with Gasteiger partial charge in [-0.05, 0) is 29.8 Å². The van der Waals surface area contributed by atoms with E-state index in [0.29, 0.717) is 0 Å². The highest BCUT2D eigenvalue weighted by molar-refractivity contribution is 9.08. The van der Waals surface area contributed by atoms with E-state index in [4.69, 9.17) is 11.6 Å². The molecule has 0 unspecified atom stereocenters. The van der Waals surface area contributed by atoms with E-state index in [-0.39, 0.29) is 0 Å². The van der Waals surface area contributed by atoms with E-state index in [1.165, 1.54) is 11.3 Å². The third kappa shape index (κ3) is 3.35. The molecule has 2 nitrogen and oxygen atoms in total. The smallest absolute Gasteiger partial charge is 0.0642 e. The Bertz CT molecular complexity index is 595. The molecule has 2 aromatic rings. The summed E-state index contributed by atoms with van der Waals surface area (Å²) in [5.74, 6) is 0. The van der Waals surface area contributed by atoms with Crippen LogP contribution in [0.1, 0.15) is 5.56 Å². The van der Waals surface area contributed by atoms with Gasteiger partial charge in [0.15, 0.2) is 0 Å². The predicted molar refractivity (Wildman–Crippen MR) is 95.0 cm³/mol. The molecule has 3 rings (SSSR count). The standard InChI is InChI=1S/C17H18BrClN2/c18-13-14-6-7-17(16(19)12-14)21-10-8-20(9-11-21)15-4-2-1-3-5-15/h1-7,12H,8-11,13H2. The van der Waals surface area contributed by atoms with Crippen molar-refractivity contribution in [1.82, 2.24) is 0 Å². The van der Waals surface area contributed by atoms with Crippen molar-refractivity contribution in [2.24, 2.45) is 0 Å². The molecule has 1 aliphatic rings. The molecule has 1 fully saturated rings. The quantitative estimate of drug-likeness (QED) is 0.736. The van der Waals surface area contributed by atoms with Gasteiger partial charge in [-0.2, -0.15) is 0 Å². The monoisotopic (exact) mass is 364 g/mol. The Balaban J connectivity index is 1.68. The van der Waals surface area contributed by atoms with E-state index in [0.717, 1.165) is 42.2 Å². The van der Waals surface area contributed by atoms with E-state index in [9.17, 15) is 0 Å². The van der Waals surface area contributed by atoms with Gasteiger partial charge in [-0.15, -0.1) is 0 Å². The van der Waals surface area contributed by atoms with Crippen molar-refractivity contribution < 1.29 is 0 Å². The summed E-state index contributed by atoms with van der Waals surface area (Å²) in [6, 6.07) is 16.9. The van der Waals surface area contributed by atoms with Crippen LogP contribution in [0.15, 0.2) is 48.5 Å². The average Bonchev–Trinajstić information content (AvgIpc) is 2.56. The Morgan fingerprint density at radius 3 is 2.19 bits per heavy atom. The van der Waals surface area contributed by atoms with Crippen LogP contribution >= 0.6 is 27.5 Å². The first-order valence-corrected chi connectivity index (χ1v) is 8.67. The van der Waals surface area contributed by atoms with Gasteiger partial charge in [-0.1, -0.05) is 51.8 Å². The van der Waals surface area contributed by atoms with Gasteiger partial charge in [0.2, 0.25) is 0 Å². The lowest BCUT2D eigenvalue weighted by Crippen LogP contribution is -2.46. The third-order valence-corrected chi connectivity index (χ3v) is 4.86. The number of hydrogen-bond donors (Lipinski definition) is 0. The second-order valence-electron chi connectivity index (χ2n) is 5.23. The zero-order chi connectivity index (χ0) is 14.7. The molecule has 0 saturated carbocycles. The third-order valence-electron chi connectivity index (χ3n) is 3.91. The molecule has 1 heterocycles. The van der Waals surface area contributed by atoms with E-state index in [2.05, 4.69) is 74.3 Å². The highest BCUT2D eigenvalue weighted by Crippen LogP contribution is 2.29. The number of rotatable bonds is 3. The van der Waals surface area contributed by atoms with E-state index < -0.39 is 0 Å². The topological polar surface area (TPSA) is 6.48 Å². The average molecular weight is 366 g/mol. The molecule has 0 amide bonds. The Morgan fingerprint density at radius 2 is 1.57 bits per heavy atom. The molecule has 0 bridgehead atoms. The number of halogens is 2. The van der Waals surface area contributed by atoms with Crippen molar-refractivity contribution in [2.75, 3.05) is 36.0 Å². The molecule has 21 heavy (non-hydrogen) atoms. The lowest BCUT2D eigenvalue weighted by Gasteiger charge is -2.37. The lowest BCUT2D eigenvalue weighted by atomic mass is 10.2. The van der Waals surface area contributed by atoms with Gasteiger partial charge in [0, 0.05) is 37.2 Å². The molecule has 0 spiro atoms. The number of alkyl halides is 1. The van der Waals surface area contributed by atoms with Crippen molar-refractivity contribution in [3.63, 3.8) is 0 Å². The van der Waals surface area contributed by atoms with Crippen LogP contribution < -0.4 is 9.80 Å². The molecule has 0 aliphatic carbocycles. The number of para-hydroxylation sites is 1. The summed E-state index contributed by atoms with van der Waals surface area (Å²) in [6.07, 6.45) is 0. The van der Waals surface area contributed by atoms with Gasteiger partial charge in [0.1, 0.15) is 0 Å². The van der Waals surface area contributed by atoms with Crippen molar-refractivity contribution in [3.05, 3.63) is 59.1 Å². The maximum Gasteiger partial charge on any atom is 0.0642 e. The van der Waals surface area contributed by atoms with Crippen LogP contribution in [0.2, 0.25) is 5.02 Å². The van der Waals surface area contributed by atoms with Crippen molar-refractivity contribution in [3.8, 4) is 0 Å². The normalized spacial score (nSPS) is 15.3. The minimum absolute atomic E-state index is 0.842. The fraction of sp³-hybridized carbons (Fsp3) is 0.294. The molecule has 1 saturated heterocycles. The van der Waals surface area contributed by atoms with Gasteiger partial charge in [-0.3, -0.25) is 0 Å². The van der Waals surface area contributed by atoms with Crippen molar-refractivity contribution in [2.45, 2.75) is 5.33 Å². The number of piperazine rings is 1. The fourth-order valence-electron chi connectivity index (χ4n) is 2.73. The maximum absolute atomic E-state index is 6.42. The molecule has 4 heteroatoms. The molecular formula is C17H18BrClN2. The van der Waals surface area contributed by atoms with Crippen molar-refractivity contribution in [1.29, 1.82) is 0 Å². The highest BCUT2D eigenvalue weighted by atomic mass is 79.9. The molecule has 0 radical (unpaired) electrons. The van der Waals surface area contributed by atoms with Gasteiger partial charge in [0.25, 0.3) is 0 Å². The SMILES string of the molecule is Clc1cc(CBr)ccc1N1CCN(c2ccccc2)CC1.